The number of aliphatic carboxylic acids is 2. The van der Waals surface area contributed by atoms with Crippen molar-refractivity contribution in [2.24, 2.45) is 11.8 Å². The first-order valence-electron chi connectivity index (χ1n) is 13.9. The molecule has 1 heterocycles. The van der Waals surface area contributed by atoms with Crippen molar-refractivity contribution < 1.29 is 50.9 Å². The number of carboxylic acid groups (broad SMARTS) is 2. The summed E-state index contributed by atoms with van der Waals surface area (Å²) < 4.78 is 85.5. The molecule has 0 bridgehead atoms. The minimum absolute atomic E-state index is 0.0536. The van der Waals surface area contributed by atoms with Crippen molar-refractivity contribution in [1.29, 1.82) is 0 Å². The number of nitrogens with one attached hydrogen (secondary N) is 1. The number of hydrogen-bond acceptors (Lipinski definition) is 5. The number of benzene rings is 2. The van der Waals surface area contributed by atoms with Crippen molar-refractivity contribution in [2.45, 2.75) is 66.7 Å². The van der Waals surface area contributed by atoms with E-state index in [2.05, 4.69) is 5.32 Å². The van der Waals surface area contributed by atoms with Crippen LogP contribution in [-0.2, 0) is 26.7 Å². The molecule has 1 amide bonds. The van der Waals surface area contributed by atoms with Crippen molar-refractivity contribution >= 4 is 41.4 Å². The van der Waals surface area contributed by atoms with Gasteiger partial charge in [-0.15, -0.1) is 0 Å². The molecule has 0 aromatic heterocycles. The molecular formula is C30H30F6N2O5S. The Balaban J connectivity index is 1.60. The molecule has 1 aliphatic carbocycles. The lowest BCUT2D eigenvalue weighted by Crippen LogP contribution is -2.41. The lowest BCUT2D eigenvalue weighted by atomic mass is 9.86. The zero-order valence-electron chi connectivity index (χ0n) is 23.3. The highest BCUT2D eigenvalue weighted by Crippen LogP contribution is 2.48. The fourth-order valence-corrected chi connectivity index (χ4v) is 6.59. The summed E-state index contributed by atoms with van der Waals surface area (Å²) in [6.45, 7) is 0.0332. The topological polar surface area (TPSA) is 107 Å². The van der Waals surface area contributed by atoms with Gasteiger partial charge in [-0.05, 0) is 74.4 Å². The molecule has 44 heavy (non-hydrogen) atoms. The summed E-state index contributed by atoms with van der Waals surface area (Å²) in [5, 5.41) is 21.6. The number of nitrogens with zero attached hydrogens (tertiary/aromatic N) is 1. The lowest BCUT2D eigenvalue weighted by Gasteiger charge is -2.29. The second-order valence-electron chi connectivity index (χ2n) is 10.9. The molecule has 2 aromatic carbocycles. The Morgan fingerprint density at radius 3 is 2.14 bits per heavy atom. The minimum Gasteiger partial charge on any atom is -0.481 e. The van der Waals surface area contributed by atoms with E-state index in [1.165, 1.54) is 12.1 Å². The first kappa shape index (κ1) is 33.2. The maximum absolute atomic E-state index is 14.3. The van der Waals surface area contributed by atoms with Crippen LogP contribution in [0.3, 0.4) is 0 Å². The number of piperidine rings is 1. The molecule has 2 aliphatic rings. The number of hydrogen-bond donors (Lipinski definition) is 3. The predicted molar refractivity (Wildman–Crippen MR) is 150 cm³/mol. The first-order chi connectivity index (χ1) is 20.6. The Morgan fingerprint density at radius 1 is 0.864 bits per heavy atom. The second kappa shape index (κ2) is 13.5. The maximum Gasteiger partial charge on any atom is 0.418 e. The van der Waals surface area contributed by atoms with Gasteiger partial charge in [0.2, 0.25) is 5.91 Å². The average Bonchev–Trinajstić information content (AvgIpc) is 2.95. The van der Waals surface area contributed by atoms with E-state index in [0.717, 1.165) is 23.1 Å². The second-order valence-corrected chi connectivity index (χ2v) is 12.0. The van der Waals surface area contributed by atoms with Gasteiger partial charge in [-0.25, -0.2) is 0 Å². The standard InChI is InChI=1S/C30H30F6N2O5S/c31-29(32,33)25-17(9-13-24(39)38-14-2-3-19(16-38)28(42)43)8-12-23(26(25)30(34,35)36)44-22-5-1-4-21(15-22)37-20-10-6-18(7-11-20)27(40)41/h1,4-5,8-9,12-13,15,18-20,37H,2-3,6-7,10-11,14,16H2,(H,40,41)(H,42,43)/b13-9+/t18-,19?,20+. The molecule has 4 rings (SSSR count). The lowest BCUT2D eigenvalue weighted by molar-refractivity contribution is -0.163. The monoisotopic (exact) mass is 644 g/mol. The Labute approximate surface area is 253 Å². The van der Waals surface area contributed by atoms with E-state index in [0.29, 0.717) is 62.1 Å². The molecule has 7 nitrogen and oxygen atoms in total. The van der Waals surface area contributed by atoms with Crippen LogP contribution in [0.5, 0.6) is 0 Å². The van der Waals surface area contributed by atoms with Gasteiger partial charge >= 0.3 is 24.3 Å². The summed E-state index contributed by atoms with van der Waals surface area (Å²) >= 11 is 0.518. The molecule has 0 radical (unpaired) electrons. The van der Waals surface area contributed by atoms with Gasteiger partial charge in [0.25, 0.3) is 0 Å². The highest BCUT2D eigenvalue weighted by atomic mass is 32.2. The average molecular weight is 645 g/mol. The molecule has 1 aliphatic heterocycles. The van der Waals surface area contributed by atoms with Crippen LogP contribution in [0.15, 0.2) is 52.3 Å². The van der Waals surface area contributed by atoms with Crippen LogP contribution in [0.1, 0.15) is 55.2 Å². The van der Waals surface area contributed by atoms with Gasteiger partial charge in [0.1, 0.15) is 0 Å². The summed E-state index contributed by atoms with van der Waals surface area (Å²) in [5.74, 6) is -4.02. The summed E-state index contributed by atoms with van der Waals surface area (Å²) in [5.41, 5.74) is -4.11. The van der Waals surface area contributed by atoms with E-state index >= 15 is 0 Å². The van der Waals surface area contributed by atoms with Gasteiger partial charge in [0.05, 0.1) is 23.0 Å². The number of alkyl halides is 6. The van der Waals surface area contributed by atoms with Crippen molar-refractivity contribution in [3.63, 3.8) is 0 Å². The van der Waals surface area contributed by atoms with E-state index in [4.69, 9.17) is 0 Å². The van der Waals surface area contributed by atoms with Crippen molar-refractivity contribution in [3.8, 4) is 0 Å². The fourth-order valence-electron chi connectivity index (χ4n) is 5.55. The predicted octanol–water partition coefficient (Wildman–Crippen LogP) is 7.27. The summed E-state index contributed by atoms with van der Waals surface area (Å²) in [4.78, 5) is 35.8. The molecule has 1 unspecified atom stereocenters. The van der Waals surface area contributed by atoms with Gasteiger partial charge in [-0.1, -0.05) is 23.9 Å². The van der Waals surface area contributed by atoms with Crippen LogP contribution in [0, 0.1) is 11.8 Å². The molecule has 2 aromatic rings. The number of amides is 1. The fraction of sp³-hybridized carbons (Fsp3) is 0.433. The Bertz CT molecular complexity index is 1420. The van der Waals surface area contributed by atoms with Crippen LogP contribution in [-0.4, -0.2) is 52.1 Å². The Morgan fingerprint density at radius 2 is 1.52 bits per heavy atom. The molecule has 238 valence electrons. The van der Waals surface area contributed by atoms with E-state index in [1.807, 2.05) is 0 Å². The third-order valence-electron chi connectivity index (χ3n) is 7.76. The molecule has 14 heteroatoms. The number of carbonyl (C=O) groups excluding carboxylic acids is 1. The van der Waals surface area contributed by atoms with Crippen LogP contribution in [0.4, 0.5) is 32.0 Å². The van der Waals surface area contributed by atoms with Gasteiger partial charge in [0, 0.05) is 40.7 Å². The number of likely N-dealkylation sites (tertiary alicyclic amines) is 1. The SMILES string of the molecule is O=C(O)C1CCCN(C(=O)/C=C/c2ccc(Sc3cccc(N[C@H]4CC[C@@H](C(=O)O)CC4)c3)c(C(F)(F)F)c2C(F)(F)F)C1. The van der Waals surface area contributed by atoms with Crippen molar-refractivity contribution in [1.82, 2.24) is 4.90 Å². The quantitative estimate of drug-likeness (QED) is 0.205. The van der Waals surface area contributed by atoms with E-state index < -0.39 is 63.6 Å². The highest BCUT2D eigenvalue weighted by molar-refractivity contribution is 7.99. The largest absolute Gasteiger partial charge is 0.481 e. The third kappa shape index (κ3) is 8.27. The van der Waals surface area contributed by atoms with Crippen LogP contribution in [0.25, 0.3) is 6.08 Å². The number of rotatable bonds is 8. The van der Waals surface area contributed by atoms with Crippen LogP contribution in [0.2, 0.25) is 0 Å². The first-order valence-corrected chi connectivity index (χ1v) is 14.7. The molecular weight excluding hydrogens is 614 g/mol. The smallest absolute Gasteiger partial charge is 0.418 e. The zero-order chi connectivity index (χ0) is 32.2. The van der Waals surface area contributed by atoms with Gasteiger partial charge in [-0.2, -0.15) is 26.3 Å². The Kier molecular flexibility index (Phi) is 10.2. The number of halogens is 6. The minimum atomic E-state index is -5.41. The summed E-state index contributed by atoms with van der Waals surface area (Å²) in [7, 11) is 0. The van der Waals surface area contributed by atoms with Gasteiger partial charge < -0.3 is 20.4 Å². The van der Waals surface area contributed by atoms with Gasteiger partial charge in [0.15, 0.2) is 0 Å². The Hall–Kier alpha value is -3.68. The molecule has 1 saturated carbocycles. The highest BCUT2D eigenvalue weighted by Gasteiger charge is 2.46. The number of carboxylic acids is 2. The molecule has 3 N–H and O–H groups in total. The maximum atomic E-state index is 14.3. The van der Waals surface area contributed by atoms with E-state index in [1.54, 1.807) is 12.1 Å². The molecule has 1 atom stereocenters. The van der Waals surface area contributed by atoms with Crippen molar-refractivity contribution in [2.75, 3.05) is 18.4 Å². The van der Waals surface area contributed by atoms with E-state index in [-0.39, 0.29) is 24.0 Å². The molecule has 2 fully saturated rings. The summed E-state index contributed by atoms with van der Waals surface area (Å²) in [6.07, 6.45) is -6.56. The molecule has 1 saturated heterocycles. The third-order valence-corrected chi connectivity index (χ3v) is 8.81. The van der Waals surface area contributed by atoms with Crippen molar-refractivity contribution in [3.05, 3.63) is 59.2 Å². The van der Waals surface area contributed by atoms with E-state index in [9.17, 15) is 50.9 Å². The normalized spacial score (nSPS) is 21.3. The van der Waals surface area contributed by atoms with Crippen LogP contribution >= 0.6 is 11.8 Å². The number of carbonyl (C=O) groups is 3. The zero-order valence-corrected chi connectivity index (χ0v) is 24.1. The summed E-state index contributed by atoms with van der Waals surface area (Å²) in [6, 6.07) is 7.98. The van der Waals surface area contributed by atoms with Gasteiger partial charge in [-0.3, -0.25) is 14.4 Å². The van der Waals surface area contributed by atoms with Crippen LogP contribution < -0.4 is 5.32 Å². The molecule has 0 spiro atoms. The number of anilines is 1.